The van der Waals surface area contributed by atoms with Crippen molar-refractivity contribution in [2.45, 2.75) is 4.90 Å². The molecule has 0 spiro atoms. The van der Waals surface area contributed by atoms with Crippen LogP contribution in [-0.2, 0) is 14.8 Å². The molecule has 41 heavy (non-hydrogen) atoms. The Morgan fingerprint density at radius 3 is 2.20 bits per heavy atom. The van der Waals surface area contributed by atoms with Crippen molar-refractivity contribution < 1.29 is 32.2 Å². The topological polar surface area (TPSA) is 145 Å². The van der Waals surface area contributed by atoms with E-state index in [0.717, 1.165) is 11.3 Å². The van der Waals surface area contributed by atoms with Crippen molar-refractivity contribution in [1.82, 2.24) is 10.3 Å². The molecule has 0 fully saturated rings. The van der Waals surface area contributed by atoms with Gasteiger partial charge in [-0.2, -0.15) is 0 Å². The normalized spacial score (nSPS) is 11.3. The minimum atomic E-state index is -3.86. The number of nitrogens with zero attached hydrogens (tertiary/aromatic N) is 1. The third kappa shape index (κ3) is 7.41. The van der Waals surface area contributed by atoms with Crippen molar-refractivity contribution in [2.24, 2.45) is 0 Å². The third-order valence-electron chi connectivity index (χ3n) is 5.64. The van der Waals surface area contributed by atoms with Gasteiger partial charge in [0.2, 0.25) is 0 Å². The Morgan fingerprint density at radius 1 is 0.878 bits per heavy atom. The Labute approximate surface area is 240 Å². The molecule has 4 aromatic rings. The van der Waals surface area contributed by atoms with Crippen LogP contribution in [0.2, 0.25) is 0 Å². The number of methoxy groups -OCH3 is 3. The van der Waals surface area contributed by atoms with Crippen molar-refractivity contribution in [1.29, 1.82) is 0 Å². The Bertz CT molecular complexity index is 1650. The van der Waals surface area contributed by atoms with Crippen LogP contribution in [0.1, 0.15) is 15.9 Å². The molecule has 0 atom stereocenters. The Hall–Kier alpha value is -4.88. The molecule has 1 aromatic heterocycles. The molecule has 0 aliphatic carbocycles. The molecule has 3 N–H and O–H groups in total. The molecule has 13 heteroatoms. The van der Waals surface area contributed by atoms with Gasteiger partial charge >= 0.3 is 0 Å². The number of hydrogen-bond donors (Lipinski definition) is 3. The van der Waals surface area contributed by atoms with Crippen molar-refractivity contribution in [3.63, 3.8) is 0 Å². The van der Waals surface area contributed by atoms with Gasteiger partial charge in [0.15, 0.2) is 16.6 Å². The number of sulfonamides is 1. The van der Waals surface area contributed by atoms with Crippen LogP contribution in [0.3, 0.4) is 0 Å². The molecule has 0 saturated carbocycles. The van der Waals surface area contributed by atoms with Crippen molar-refractivity contribution in [2.75, 3.05) is 31.4 Å². The van der Waals surface area contributed by atoms with Crippen molar-refractivity contribution >= 4 is 50.1 Å². The van der Waals surface area contributed by atoms with Gasteiger partial charge in [-0.25, -0.2) is 13.4 Å². The predicted octanol–water partition coefficient (Wildman–Crippen LogP) is 4.38. The zero-order chi connectivity index (χ0) is 29.4. The lowest BCUT2D eigenvalue weighted by Crippen LogP contribution is -2.30. The number of hydrogen-bond acceptors (Lipinski definition) is 9. The highest BCUT2D eigenvalue weighted by atomic mass is 32.2. The molecule has 3 aromatic carbocycles. The Kier molecular flexibility index (Phi) is 9.22. The van der Waals surface area contributed by atoms with Crippen LogP contribution in [0.25, 0.3) is 6.08 Å². The minimum Gasteiger partial charge on any atom is -0.497 e. The first-order chi connectivity index (χ1) is 19.7. The van der Waals surface area contributed by atoms with Gasteiger partial charge in [0.1, 0.15) is 11.4 Å². The summed E-state index contributed by atoms with van der Waals surface area (Å²) in [7, 11) is 0.647. The molecule has 2 amide bonds. The highest BCUT2D eigenvalue weighted by molar-refractivity contribution is 7.93. The molecule has 0 aliphatic rings. The standard InChI is InChI=1S/C28H26N4O7S2/c1-37-21-9-5-19(6-10-21)26(33)31-23(16-18-4-13-24(38-2)25(17-18)39-3)27(34)30-20-7-11-22(12-8-20)41(35,36)32-28-29-14-15-40-28/h4-17H,1-3H3,(H,29,32)(H,30,34)(H,31,33)/b23-16-. The minimum absolute atomic E-state index is 0.0143. The fraction of sp³-hybridized carbons (Fsp3) is 0.107. The molecule has 1 heterocycles. The van der Waals surface area contributed by atoms with E-state index >= 15 is 0 Å². The first kappa shape index (κ1) is 29.1. The first-order valence-corrected chi connectivity index (χ1v) is 14.3. The number of carbonyl (C=O) groups excluding carboxylic acids is 2. The van der Waals surface area contributed by atoms with E-state index in [9.17, 15) is 18.0 Å². The number of amides is 2. The van der Waals surface area contributed by atoms with Gasteiger partial charge in [-0.15, -0.1) is 11.3 Å². The summed E-state index contributed by atoms with van der Waals surface area (Å²) in [4.78, 5) is 30.3. The summed E-state index contributed by atoms with van der Waals surface area (Å²) in [5.74, 6) is 0.345. The van der Waals surface area contributed by atoms with Gasteiger partial charge in [-0.3, -0.25) is 14.3 Å². The second kappa shape index (κ2) is 13.0. The van der Waals surface area contributed by atoms with Crippen LogP contribution >= 0.6 is 11.3 Å². The number of ether oxygens (including phenoxy) is 3. The number of anilines is 2. The zero-order valence-corrected chi connectivity index (χ0v) is 23.8. The Morgan fingerprint density at radius 2 is 1.59 bits per heavy atom. The van der Waals surface area contributed by atoms with E-state index in [-0.39, 0.29) is 15.7 Å². The van der Waals surface area contributed by atoms with Crippen molar-refractivity contribution in [3.05, 3.63) is 95.1 Å². The summed E-state index contributed by atoms with van der Waals surface area (Å²) in [6.07, 6.45) is 2.97. The summed E-state index contributed by atoms with van der Waals surface area (Å²) in [5.41, 5.74) is 1.09. The fourth-order valence-corrected chi connectivity index (χ4v) is 5.36. The second-order valence-corrected chi connectivity index (χ2v) is 10.9. The largest absolute Gasteiger partial charge is 0.497 e. The number of aromatic nitrogens is 1. The van der Waals surface area contributed by atoms with Gasteiger partial charge in [-0.05, 0) is 72.3 Å². The maximum absolute atomic E-state index is 13.3. The average molecular weight is 595 g/mol. The van der Waals surface area contributed by atoms with Crippen LogP contribution in [0.5, 0.6) is 17.2 Å². The fourth-order valence-electron chi connectivity index (χ4n) is 3.57. The third-order valence-corrected chi connectivity index (χ3v) is 7.81. The lowest BCUT2D eigenvalue weighted by molar-refractivity contribution is -0.113. The van der Waals surface area contributed by atoms with E-state index < -0.39 is 21.8 Å². The van der Waals surface area contributed by atoms with Crippen LogP contribution < -0.4 is 29.6 Å². The maximum atomic E-state index is 13.3. The summed E-state index contributed by atoms with van der Waals surface area (Å²) < 4.78 is 43.4. The van der Waals surface area contributed by atoms with Gasteiger partial charge in [0, 0.05) is 22.8 Å². The lowest BCUT2D eigenvalue weighted by atomic mass is 10.1. The molecule has 212 valence electrons. The second-order valence-electron chi connectivity index (χ2n) is 8.28. The number of thiazole rings is 1. The SMILES string of the molecule is COc1ccc(C(=O)N/C(=C\c2ccc(OC)c(OC)c2)C(=O)Nc2ccc(S(=O)(=O)Nc3nccs3)cc2)cc1. The summed E-state index contributed by atoms with van der Waals surface area (Å²) >= 11 is 1.15. The average Bonchev–Trinajstić information content (AvgIpc) is 3.49. The monoisotopic (exact) mass is 594 g/mol. The highest BCUT2D eigenvalue weighted by Gasteiger charge is 2.18. The summed E-state index contributed by atoms with van der Waals surface area (Å²) in [6.45, 7) is 0. The molecule has 11 nitrogen and oxygen atoms in total. The zero-order valence-electron chi connectivity index (χ0n) is 22.2. The molecule has 0 bridgehead atoms. The van der Waals surface area contributed by atoms with E-state index in [1.807, 2.05) is 0 Å². The first-order valence-electron chi connectivity index (χ1n) is 12.0. The van der Waals surface area contributed by atoms with E-state index in [2.05, 4.69) is 20.3 Å². The molecule has 0 aliphatic heterocycles. The maximum Gasteiger partial charge on any atom is 0.272 e. The number of rotatable bonds is 11. The van der Waals surface area contributed by atoms with E-state index in [4.69, 9.17) is 14.2 Å². The van der Waals surface area contributed by atoms with Gasteiger partial charge in [-0.1, -0.05) is 6.07 Å². The smallest absolute Gasteiger partial charge is 0.272 e. The van der Waals surface area contributed by atoms with Crippen LogP contribution in [-0.4, -0.2) is 46.5 Å². The molecular formula is C28H26N4O7S2. The number of nitrogens with one attached hydrogen (secondary N) is 3. The lowest BCUT2D eigenvalue weighted by Gasteiger charge is -2.13. The molecule has 0 unspecified atom stereocenters. The van der Waals surface area contributed by atoms with Crippen LogP contribution in [0, 0.1) is 0 Å². The van der Waals surface area contributed by atoms with Gasteiger partial charge < -0.3 is 24.8 Å². The number of carbonyl (C=O) groups is 2. The van der Waals surface area contributed by atoms with Crippen molar-refractivity contribution in [3.8, 4) is 17.2 Å². The molecular weight excluding hydrogens is 568 g/mol. The quantitative estimate of drug-likeness (QED) is 0.217. The molecule has 0 saturated heterocycles. The van der Waals surface area contributed by atoms with Crippen LogP contribution in [0.15, 0.2) is 88.9 Å². The van der Waals surface area contributed by atoms with Gasteiger partial charge in [0.05, 0.1) is 26.2 Å². The summed E-state index contributed by atoms with van der Waals surface area (Å²) in [5, 5.41) is 7.23. The van der Waals surface area contributed by atoms with E-state index in [0.29, 0.717) is 34.1 Å². The highest BCUT2D eigenvalue weighted by Crippen LogP contribution is 2.28. The van der Waals surface area contributed by atoms with E-state index in [1.165, 1.54) is 57.9 Å². The molecule has 0 radical (unpaired) electrons. The number of benzene rings is 3. The summed E-state index contributed by atoms with van der Waals surface area (Å²) in [6, 6.07) is 17.0. The Balaban J connectivity index is 1.58. The van der Waals surface area contributed by atoms with E-state index in [1.54, 1.807) is 47.8 Å². The predicted molar refractivity (Wildman–Crippen MR) is 156 cm³/mol. The molecule has 4 rings (SSSR count). The van der Waals surface area contributed by atoms with Crippen LogP contribution in [0.4, 0.5) is 10.8 Å². The van der Waals surface area contributed by atoms with Gasteiger partial charge in [0.25, 0.3) is 21.8 Å².